The number of halogens is 1. The summed E-state index contributed by atoms with van der Waals surface area (Å²) >= 11 is 5.96. The molecular weight excluding hydrogens is 548 g/mol. The van der Waals surface area contributed by atoms with Crippen molar-refractivity contribution in [2.75, 3.05) is 25.5 Å². The zero-order chi connectivity index (χ0) is 28.0. The van der Waals surface area contributed by atoms with E-state index in [0.717, 1.165) is 12.8 Å². The summed E-state index contributed by atoms with van der Waals surface area (Å²) in [6.45, 7) is 2.88. The second-order valence-electron chi connectivity index (χ2n) is 9.49. The summed E-state index contributed by atoms with van der Waals surface area (Å²) in [6, 6.07) is 10.2. The number of hydrogen-bond donors (Lipinski definition) is 0. The Bertz CT molecular complexity index is 1310. The van der Waals surface area contributed by atoms with E-state index < -0.39 is 27.8 Å². The van der Waals surface area contributed by atoms with E-state index >= 15 is 0 Å². The zero-order valence-electron chi connectivity index (χ0n) is 21.5. The van der Waals surface area contributed by atoms with Gasteiger partial charge in [-0.3, -0.25) is 4.79 Å². The number of carbonyl (C=O) groups is 2. The molecule has 4 rings (SSSR count). The van der Waals surface area contributed by atoms with E-state index in [-0.39, 0.29) is 38.1 Å². The summed E-state index contributed by atoms with van der Waals surface area (Å²) in [5.41, 5.74) is 2.34. The van der Waals surface area contributed by atoms with E-state index in [9.17, 15) is 22.6 Å². The lowest BCUT2D eigenvalue weighted by molar-refractivity contribution is -0.141. The summed E-state index contributed by atoms with van der Waals surface area (Å²) in [5, 5.41) is 0.314. The van der Waals surface area contributed by atoms with Gasteiger partial charge in [0.2, 0.25) is 5.91 Å². The van der Waals surface area contributed by atoms with Gasteiger partial charge in [-0.1, -0.05) is 29.8 Å². The fraction of sp³-hybridized carbons (Fsp3) is 0.444. The number of hydrogen-bond acceptors (Lipinski definition) is 9. The molecule has 0 unspecified atom stereocenters. The van der Waals surface area contributed by atoms with Gasteiger partial charge in [-0.2, -0.15) is 0 Å². The molecule has 2 aromatic rings. The highest BCUT2D eigenvalue weighted by Crippen LogP contribution is 2.37. The van der Waals surface area contributed by atoms with E-state index in [1.807, 2.05) is 0 Å². The molecule has 2 atom stereocenters. The van der Waals surface area contributed by atoms with Gasteiger partial charge >= 0.3 is 5.97 Å². The minimum Gasteiger partial charge on any atom is -0.748 e. The van der Waals surface area contributed by atoms with Crippen molar-refractivity contribution in [2.24, 2.45) is 0 Å². The molecular formula is C27H30ClN2O8S-. The van der Waals surface area contributed by atoms with E-state index in [1.54, 1.807) is 54.4 Å². The number of carbonyl (C=O) groups excluding carboxylic acids is 2. The Kier molecular flexibility index (Phi) is 9.60. The van der Waals surface area contributed by atoms with Gasteiger partial charge in [0, 0.05) is 36.6 Å². The van der Waals surface area contributed by atoms with Crippen LogP contribution in [0.5, 0.6) is 5.75 Å². The van der Waals surface area contributed by atoms with E-state index in [2.05, 4.69) is 4.98 Å². The third kappa shape index (κ3) is 8.01. The third-order valence-corrected chi connectivity index (χ3v) is 7.72. The predicted molar refractivity (Wildman–Crippen MR) is 141 cm³/mol. The van der Waals surface area contributed by atoms with E-state index in [0.29, 0.717) is 46.5 Å². The molecule has 0 aliphatic carbocycles. The minimum atomic E-state index is -4.27. The van der Waals surface area contributed by atoms with Gasteiger partial charge in [-0.05, 0) is 55.5 Å². The average molecular weight is 578 g/mol. The van der Waals surface area contributed by atoms with Crippen molar-refractivity contribution in [3.63, 3.8) is 0 Å². The summed E-state index contributed by atoms with van der Waals surface area (Å²) in [7, 11) is -4.27. The topological polar surface area (TPSA) is 135 Å². The number of rotatable bonds is 11. The molecule has 1 aromatic carbocycles. The summed E-state index contributed by atoms with van der Waals surface area (Å²) < 4.78 is 48.9. The van der Waals surface area contributed by atoms with Gasteiger partial charge in [-0.25, -0.2) is 18.2 Å². The SMILES string of the molecule is CC1=C(C(=O)OCc2ccc(OCCCS(=O)(=O)[O-])cc2)[C@H](c2ccc(Cl)nc2)CC(=O)N1C[C@H]1CCCO1. The van der Waals surface area contributed by atoms with E-state index in [4.69, 9.17) is 25.8 Å². The van der Waals surface area contributed by atoms with Crippen molar-refractivity contribution in [1.29, 1.82) is 0 Å². The zero-order valence-corrected chi connectivity index (χ0v) is 23.1. The fourth-order valence-corrected chi connectivity index (χ4v) is 5.29. The molecule has 39 heavy (non-hydrogen) atoms. The van der Waals surface area contributed by atoms with Gasteiger partial charge < -0.3 is 23.7 Å². The van der Waals surface area contributed by atoms with Crippen LogP contribution in [0.15, 0.2) is 53.9 Å². The first-order valence-corrected chi connectivity index (χ1v) is 14.6. The van der Waals surface area contributed by atoms with Crippen molar-refractivity contribution in [2.45, 2.75) is 51.2 Å². The lowest BCUT2D eigenvalue weighted by Crippen LogP contribution is -2.42. The maximum Gasteiger partial charge on any atom is 0.336 e. The van der Waals surface area contributed by atoms with Crippen molar-refractivity contribution in [3.8, 4) is 5.75 Å². The number of amides is 1. The van der Waals surface area contributed by atoms with Gasteiger partial charge in [0.25, 0.3) is 0 Å². The maximum absolute atomic E-state index is 13.4. The lowest BCUT2D eigenvalue weighted by Gasteiger charge is -2.35. The van der Waals surface area contributed by atoms with Crippen LogP contribution in [0, 0.1) is 0 Å². The standard InChI is InChI=1S/C27H31ClN2O8S/c1-18-26(27(32)38-17-19-5-8-21(9-6-19)36-12-3-13-39(33,34)35)23(20-7-10-24(28)29-15-20)14-25(31)30(18)16-22-4-2-11-37-22/h5-10,15,22-23H,2-4,11-14,16-17H2,1H3,(H,33,34,35)/p-1/t22-,23+/m1/s1. The highest BCUT2D eigenvalue weighted by molar-refractivity contribution is 7.85. The second kappa shape index (κ2) is 12.9. The average Bonchev–Trinajstić information content (AvgIpc) is 3.41. The van der Waals surface area contributed by atoms with Crippen LogP contribution < -0.4 is 4.74 Å². The molecule has 2 aliphatic rings. The number of nitrogens with zero attached hydrogens (tertiary/aromatic N) is 2. The molecule has 210 valence electrons. The van der Waals surface area contributed by atoms with Gasteiger partial charge in [-0.15, -0.1) is 0 Å². The van der Waals surface area contributed by atoms with Crippen LogP contribution in [0.2, 0.25) is 5.15 Å². The molecule has 12 heteroatoms. The molecule has 1 saturated heterocycles. The normalized spacial score (nSPS) is 19.9. The lowest BCUT2D eigenvalue weighted by atomic mass is 9.84. The Labute approximate surface area is 232 Å². The molecule has 0 bridgehead atoms. The number of benzene rings is 1. The number of esters is 1. The van der Waals surface area contributed by atoms with Crippen LogP contribution in [0.25, 0.3) is 0 Å². The molecule has 0 N–H and O–H groups in total. The second-order valence-corrected chi connectivity index (χ2v) is 11.4. The van der Waals surface area contributed by atoms with Gasteiger partial charge in [0.15, 0.2) is 0 Å². The van der Waals surface area contributed by atoms with Crippen LogP contribution in [0.1, 0.15) is 49.7 Å². The monoisotopic (exact) mass is 577 g/mol. The number of allylic oxidation sites excluding steroid dienone is 1. The van der Waals surface area contributed by atoms with Gasteiger partial charge in [0.1, 0.15) is 17.5 Å². The van der Waals surface area contributed by atoms with Crippen molar-refractivity contribution >= 4 is 33.6 Å². The van der Waals surface area contributed by atoms with Crippen LogP contribution in [0.3, 0.4) is 0 Å². The Hall–Kier alpha value is -2.99. The minimum absolute atomic E-state index is 0.00438. The first-order valence-electron chi connectivity index (χ1n) is 12.7. The van der Waals surface area contributed by atoms with Crippen LogP contribution in [-0.2, 0) is 35.8 Å². The van der Waals surface area contributed by atoms with Crippen LogP contribution in [-0.4, -0.2) is 66.3 Å². The molecule has 1 aromatic heterocycles. The summed E-state index contributed by atoms with van der Waals surface area (Å²) in [6.07, 6.45) is 3.49. The van der Waals surface area contributed by atoms with Crippen molar-refractivity contribution in [3.05, 3.63) is 70.1 Å². The molecule has 2 aliphatic heterocycles. The Morgan fingerprint density at radius 3 is 2.64 bits per heavy atom. The van der Waals surface area contributed by atoms with E-state index in [1.165, 1.54) is 0 Å². The predicted octanol–water partition coefficient (Wildman–Crippen LogP) is 3.56. The first kappa shape index (κ1) is 29.0. The number of pyridine rings is 1. The Balaban J connectivity index is 1.46. The highest BCUT2D eigenvalue weighted by Gasteiger charge is 2.38. The largest absolute Gasteiger partial charge is 0.748 e. The summed E-state index contributed by atoms with van der Waals surface area (Å²) in [4.78, 5) is 32.3. The molecule has 1 fully saturated rings. The van der Waals surface area contributed by atoms with Crippen LogP contribution >= 0.6 is 11.6 Å². The smallest absolute Gasteiger partial charge is 0.336 e. The maximum atomic E-state index is 13.4. The number of aromatic nitrogens is 1. The molecule has 0 radical (unpaired) electrons. The molecule has 1 amide bonds. The highest BCUT2D eigenvalue weighted by atomic mass is 35.5. The summed E-state index contributed by atoms with van der Waals surface area (Å²) in [5.74, 6) is -1.14. The molecule has 10 nitrogen and oxygen atoms in total. The fourth-order valence-electron chi connectivity index (χ4n) is 4.70. The van der Waals surface area contributed by atoms with Crippen molar-refractivity contribution < 1.29 is 36.8 Å². The Morgan fingerprint density at radius 1 is 1.23 bits per heavy atom. The molecule has 3 heterocycles. The third-order valence-electron chi connectivity index (χ3n) is 6.71. The van der Waals surface area contributed by atoms with Crippen molar-refractivity contribution in [1.82, 2.24) is 9.88 Å². The van der Waals surface area contributed by atoms with Gasteiger partial charge in [0.05, 0.1) is 34.9 Å². The molecule has 0 spiro atoms. The first-order chi connectivity index (χ1) is 18.6. The number of ether oxygens (including phenoxy) is 3. The Morgan fingerprint density at radius 2 is 2.00 bits per heavy atom. The van der Waals surface area contributed by atoms with Crippen LogP contribution in [0.4, 0.5) is 0 Å². The quantitative estimate of drug-likeness (QED) is 0.170. The molecule has 0 saturated carbocycles.